The van der Waals surface area contributed by atoms with Gasteiger partial charge < -0.3 is 9.47 Å². The minimum Gasteiger partial charge on any atom is -0.493 e. The zero-order chi connectivity index (χ0) is 16.9. The molecule has 6 heteroatoms. The van der Waals surface area contributed by atoms with Crippen LogP contribution in [-0.2, 0) is 16.6 Å². The predicted molar refractivity (Wildman–Crippen MR) is 89.4 cm³/mol. The molecule has 0 saturated carbocycles. The second kappa shape index (κ2) is 7.48. The predicted octanol–water partition coefficient (Wildman–Crippen LogP) is 2.88. The number of sulfonamides is 1. The van der Waals surface area contributed by atoms with Gasteiger partial charge in [-0.25, -0.2) is 13.1 Å². The van der Waals surface area contributed by atoms with Crippen LogP contribution in [0.3, 0.4) is 0 Å². The van der Waals surface area contributed by atoms with Crippen molar-refractivity contribution in [3.8, 4) is 11.5 Å². The van der Waals surface area contributed by atoms with Crippen molar-refractivity contribution < 1.29 is 17.9 Å². The van der Waals surface area contributed by atoms with Gasteiger partial charge in [0.25, 0.3) is 0 Å². The van der Waals surface area contributed by atoms with Gasteiger partial charge in [0, 0.05) is 6.54 Å². The Labute approximate surface area is 137 Å². The van der Waals surface area contributed by atoms with Crippen molar-refractivity contribution in [2.24, 2.45) is 0 Å². The van der Waals surface area contributed by atoms with E-state index in [1.807, 2.05) is 13.8 Å². The third-order valence-electron chi connectivity index (χ3n) is 3.33. The maximum absolute atomic E-state index is 12.3. The Morgan fingerprint density at radius 1 is 1.04 bits per heavy atom. The van der Waals surface area contributed by atoms with Crippen molar-refractivity contribution in [2.45, 2.75) is 25.3 Å². The van der Waals surface area contributed by atoms with Crippen molar-refractivity contribution >= 4 is 10.0 Å². The zero-order valence-electron chi connectivity index (χ0n) is 13.5. The maximum Gasteiger partial charge on any atom is 0.240 e. The van der Waals surface area contributed by atoms with E-state index in [-0.39, 0.29) is 11.4 Å². The number of nitrogens with one attached hydrogen (secondary N) is 1. The molecular formula is C17H21NO4S. The molecule has 0 spiro atoms. The molecule has 2 aromatic carbocycles. The van der Waals surface area contributed by atoms with Crippen LogP contribution >= 0.6 is 0 Å². The van der Waals surface area contributed by atoms with E-state index in [2.05, 4.69) is 4.72 Å². The quantitative estimate of drug-likeness (QED) is 0.845. The highest BCUT2D eigenvalue weighted by molar-refractivity contribution is 7.89. The first-order chi connectivity index (χ1) is 11.0. The molecule has 0 saturated heterocycles. The van der Waals surface area contributed by atoms with Crippen LogP contribution in [0.5, 0.6) is 11.5 Å². The molecule has 124 valence electrons. The number of aryl methyl sites for hydroxylation is 1. The topological polar surface area (TPSA) is 64.6 Å². The van der Waals surface area contributed by atoms with E-state index in [0.29, 0.717) is 18.1 Å². The number of rotatable bonds is 7. The van der Waals surface area contributed by atoms with Gasteiger partial charge in [0.15, 0.2) is 11.5 Å². The fourth-order valence-corrected chi connectivity index (χ4v) is 3.10. The molecule has 1 N–H and O–H groups in total. The van der Waals surface area contributed by atoms with Gasteiger partial charge in [0.1, 0.15) is 0 Å². The Kier molecular flexibility index (Phi) is 5.63. The summed E-state index contributed by atoms with van der Waals surface area (Å²) in [4.78, 5) is 0.252. The van der Waals surface area contributed by atoms with Crippen LogP contribution in [0, 0.1) is 6.92 Å². The van der Waals surface area contributed by atoms with Gasteiger partial charge in [0.05, 0.1) is 18.6 Å². The molecule has 0 unspecified atom stereocenters. The molecule has 0 radical (unpaired) electrons. The standard InChI is InChI=1S/C17H21NO4S/c1-4-22-17-11-14(7-10-16(17)21-3)12-18-23(19,20)15-8-5-13(2)6-9-15/h5-11,18H,4,12H2,1-3H3. The molecule has 0 amide bonds. The van der Waals surface area contributed by atoms with Gasteiger partial charge in [-0.2, -0.15) is 0 Å². The molecule has 0 aliphatic rings. The van der Waals surface area contributed by atoms with Crippen LogP contribution in [0.15, 0.2) is 47.4 Å². The van der Waals surface area contributed by atoms with Gasteiger partial charge >= 0.3 is 0 Å². The molecule has 0 aliphatic carbocycles. The molecule has 2 aromatic rings. The van der Waals surface area contributed by atoms with Crippen LogP contribution in [0.25, 0.3) is 0 Å². The summed E-state index contributed by atoms with van der Waals surface area (Å²) in [7, 11) is -1.97. The second-order valence-corrected chi connectivity index (χ2v) is 6.82. The third kappa shape index (κ3) is 4.46. The Hall–Kier alpha value is -2.05. The maximum atomic E-state index is 12.3. The summed E-state index contributed by atoms with van der Waals surface area (Å²) in [5.74, 6) is 1.22. The lowest BCUT2D eigenvalue weighted by Gasteiger charge is -2.12. The lowest BCUT2D eigenvalue weighted by molar-refractivity contribution is 0.310. The first-order valence-corrected chi connectivity index (χ1v) is 8.80. The number of ether oxygens (including phenoxy) is 2. The molecule has 0 heterocycles. The average Bonchev–Trinajstić information content (AvgIpc) is 2.54. The summed E-state index contributed by atoms with van der Waals surface area (Å²) in [6, 6.07) is 12.1. The Morgan fingerprint density at radius 2 is 1.74 bits per heavy atom. The number of methoxy groups -OCH3 is 1. The smallest absolute Gasteiger partial charge is 0.240 e. The molecule has 5 nitrogen and oxygen atoms in total. The average molecular weight is 335 g/mol. The number of benzene rings is 2. The van der Waals surface area contributed by atoms with Crippen molar-refractivity contribution in [1.82, 2.24) is 4.72 Å². The van der Waals surface area contributed by atoms with E-state index < -0.39 is 10.0 Å². The Morgan fingerprint density at radius 3 is 2.35 bits per heavy atom. The van der Waals surface area contributed by atoms with Crippen LogP contribution < -0.4 is 14.2 Å². The summed E-state index contributed by atoms with van der Waals surface area (Å²) in [6.45, 7) is 4.48. The highest BCUT2D eigenvalue weighted by atomic mass is 32.2. The summed E-state index contributed by atoms with van der Waals surface area (Å²) in [6.07, 6.45) is 0. The molecule has 0 aromatic heterocycles. The lowest BCUT2D eigenvalue weighted by Crippen LogP contribution is -2.23. The van der Waals surface area contributed by atoms with Crippen molar-refractivity contribution in [3.05, 3.63) is 53.6 Å². The first-order valence-electron chi connectivity index (χ1n) is 7.32. The fourth-order valence-electron chi connectivity index (χ4n) is 2.08. The summed E-state index contributed by atoms with van der Waals surface area (Å²) in [5.41, 5.74) is 1.81. The molecule has 0 atom stereocenters. The fraction of sp³-hybridized carbons (Fsp3) is 0.294. The van der Waals surface area contributed by atoms with Crippen molar-refractivity contribution in [3.63, 3.8) is 0 Å². The van der Waals surface area contributed by atoms with Gasteiger partial charge in [-0.15, -0.1) is 0 Å². The summed E-state index contributed by atoms with van der Waals surface area (Å²) < 4.78 is 37.9. The number of hydrogen-bond acceptors (Lipinski definition) is 4. The zero-order valence-corrected chi connectivity index (χ0v) is 14.3. The normalized spacial score (nSPS) is 11.3. The van der Waals surface area contributed by atoms with E-state index in [0.717, 1.165) is 11.1 Å². The van der Waals surface area contributed by atoms with E-state index in [1.165, 1.54) is 0 Å². The van der Waals surface area contributed by atoms with Crippen molar-refractivity contribution in [2.75, 3.05) is 13.7 Å². The van der Waals surface area contributed by atoms with Crippen molar-refractivity contribution in [1.29, 1.82) is 0 Å². The first kappa shape index (κ1) is 17.3. The minimum absolute atomic E-state index is 0.181. The van der Waals surface area contributed by atoms with E-state index in [1.54, 1.807) is 49.6 Å². The highest BCUT2D eigenvalue weighted by Gasteiger charge is 2.14. The Bertz CT molecular complexity index is 755. The second-order valence-electron chi connectivity index (χ2n) is 5.06. The summed E-state index contributed by atoms with van der Waals surface area (Å²) in [5, 5.41) is 0. The van der Waals surface area contributed by atoms with Crippen LogP contribution in [-0.4, -0.2) is 22.1 Å². The van der Waals surface area contributed by atoms with Gasteiger partial charge in [0.2, 0.25) is 10.0 Å². The molecule has 2 rings (SSSR count). The SMILES string of the molecule is CCOc1cc(CNS(=O)(=O)c2ccc(C)cc2)ccc1OC. The number of hydrogen-bond donors (Lipinski definition) is 1. The molecule has 0 fully saturated rings. The van der Waals surface area contributed by atoms with Crippen LogP contribution in [0.1, 0.15) is 18.1 Å². The Balaban J connectivity index is 2.13. The molecule has 0 aliphatic heterocycles. The van der Waals surface area contributed by atoms with Gasteiger partial charge in [-0.05, 0) is 43.7 Å². The molecule has 23 heavy (non-hydrogen) atoms. The molecule has 0 bridgehead atoms. The van der Waals surface area contributed by atoms with E-state index >= 15 is 0 Å². The van der Waals surface area contributed by atoms with Crippen LogP contribution in [0.2, 0.25) is 0 Å². The highest BCUT2D eigenvalue weighted by Crippen LogP contribution is 2.28. The molecular weight excluding hydrogens is 314 g/mol. The lowest BCUT2D eigenvalue weighted by atomic mass is 10.2. The summed E-state index contributed by atoms with van der Waals surface area (Å²) >= 11 is 0. The largest absolute Gasteiger partial charge is 0.493 e. The van der Waals surface area contributed by atoms with Gasteiger partial charge in [-0.1, -0.05) is 23.8 Å². The monoisotopic (exact) mass is 335 g/mol. The van der Waals surface area contributed by atoms with Gasteiger partial charge in [-0.3, -0.25) is 0 Å². The van der Waals surface area contributed by atoms with E-state index in [4.69, 9.17) is 9.47 Å². The minimum atomic E-state index is -3.54. The third-order valence-corrected chi connectivity index (χ3v) is 4.74. The van der Waals surface area contributed by atoms with Crippen LogP contribution in [0.4, 0.5) is 0 Å². The van der Waals surface area contributed by atoms with E-state index in [9.17, 15) is 8.42 Å².